The van der Waals surface area contributed by atoms with Crippen LogP contribution in [0.15, 0.2) is 88.0 Å². The Morgan fingerprint density at radius 1 is 1.07 bits per heavy atom. The minimum Gasteiger partial charge on any atom is -0.477 e. The standard InChI is InChI=1S/C32H33ClN2O6S3/c1-32(2,3)27-19-43-28(34-27)20-42-25-8-4-7-22(18-25)29(36)35-30(31(37)38)41-24-13-9-21(10-14-24)6-5-17-44(39,40)26-15-11-23(33)12-16-26/h4,7-16,18-19,30H,5-6,17,20H2,1-3H3,(H,35,36)(H,37,38). The van der Waals surface area contributed by atoms with Gasteiger partial charge in [0.2, 0.25) is 0 Å². The Kier molecular flexibility index (Phi) is 11.1. The smallest absolute Gasteiger partial charge is 0.366 e. The first-order valence-corrected chi connectivity index (χ1v) is 17.6. The molecule has 44 heavy (non-hydrogen) atoms. The summed E-state index contributed by atoms with van der Waals surface area (Å²) >= 11 is 8.99. The van der Waals surface area contributed by atoms with Crippen molar-refractivity contribution in [3.05, 3.63) is 105 Å². The molecule has 0 aliphatic carbocycles. The van der Waals surface area contributed by atoms with Crippen LogP contribution in [0.25, 0.3) is 0 Å². The molecule has 1 atom stereocenters. The van der Waals surface area contributed by atoms with Crippen LogP contribution in [0.3, 0.4) is 0 Å². The number of sulfone groups is 1. The van der Waals surface area contributed by atoms with Gasteiger partial charge >= 0.3 is 5.97 Å². The largest absolute Gasteiger partial charge is 0.477 e. The molecule has 1 heterocycles. The number of hydrogen-bond donors (Lipinski definition) is 2. The number of nitrogens with one attached hydrogen (secondary N) is 1. The first-order valence-electron chi connectivity index (χ1n) is 13.8. The van der Waals surface area contributed by atoms with Crippen molar-refractivity contribution in [2.45, 2.75) is 60.8 Å². The SMILES string of the molecule is CC(C)(C)c1csc(CSc2cccc(C(=O)NC(Oc3ccc(CCCS(=O)(=O)c4ccc(Cl)cc4)cc3)C(=O)O)c2)n1. The topological polar surface area (TPSA) is 123 Å². The molecule has 2 N–H and O–H groups in total. The Balaban J connectivity index is 1.30. The summed E-state index contributed by atoms with van der Waals surface area (Å²) in [6.45, 7) is 6.35. The van der Waals surface area contributed by atoms with Gasteiger partial charge in [0.25, 0.3) is 12.1 Å². The Morgan fingerprint density at radius 2 is 1.77 bits per heavy atom. The summed E-state index contributed by atoms with van der Waals surface area (Å²) in [4.78, 5) is 30.6. The average Bonchev–Trinajstić information content (AvgIpc) is 3.47. The van der Waals surface area contributed by atoms with Gasteiger partial charge in [-0.25, -0.2) is 18.2 Å². The van der Waals surface area contributed by atoms with Crippen molar-refractivity contribution in [1.82, 2.24) is 10.3 Å². The number of carboxylic acids is 1. The maximum absolute atomic E-state index is 12.9. The number of halogens is 1. The van der Waals surface area contributed by atoms with Crippen LogP contribution >= 0.6 is 34.7 Å². The molecule has 1 aromatic heterocycles. The van der Waals surface area contributed by atoms with E-state index in [1.165, 1.54) is 12.1 Å². The molecule has 0 bridgehead atoms. The molecule has 1 amide bonds. The van der Waals surface area contributed by atoms with E-state index in [9.17, 15) is 23.1 Å². The molecule has 0 aliphatic rings. The summed E-state index contributed by atoms with van der Waals surface area (Å²) in [5.74, 6) is -1.05. The van der Waals surface area contributed by atoms with E-state index in [4.69, 9.17) is 21.3 Å². The van der Waals surface area contributed by atoms with E-state index in [1.807, 2.05) is 6.07 Å². The molecular weight excluding hydrogens is 640 g/mol. The minimum atomic E-state index is -3.43. The lowest BCUT2D eigenvalue weighted by molar-refractivity contribution is -0.146. The van der Waals surface area contributed by atoms with E-state index in [2.05, 4.69) is 31.5 Å². The number of thioether (sulfide) groups is 1. The Bertz CT molecular complexity index is 1700. The second-order valence-corrected chi connectivity index (χ2v) is 15.6. The van der Waals surface area contributed by atoms with Crippen LogP contribution in [0.5, 0.6) is 5.75 Å². The highest BCUT2D eigenvalue weighted by Crippen LogP contribution is 2.29. The Labute approximate surface area is 270 Å². The number of thiazole rings is 1. The van der Waals surface area contributed by atoms with Gasteiger partial charge in [0.1, 0.15) is 10.8 Å². The van der Waals surface area contributed by atoms with Crippen LogP contribution in [-0.4, -0.2) is 42.4 Å². The molecular formula is C32H33ClN2O6S3. The fourth-order valence-electron chi connectivity index (χ4n) is 4.03. The Morgan fingerprint density at radius 3 is 2.41 bits per heavy atom. The molecule has 0 spiro atoms. The summed E-state index contributed by atoms with van der Waals surface area (Å²) in [6.07, 6.45) is -0.709. The van der Waals surface area contributed by atoms with Crippen LogP contribution in [0.4, 0.5) is 0 Å². The summed E-state index contributed by atoms with van der Waals surface area (Å²) in [6, 6.07) is 19.7. The lowest BCUT2D eigenvalue weighted by Crippen LogP contribution is -2.44. The molecule has 4 rings (SSSR count). The fraction of sp³-hybridized carbons (Fsp3) is 0.281. The molecule has 0 saturated heterocycles. The van der Waals surface area contributed by atoms with Gasteiger partial charge in [0.15, 0.2) is 9.84 Å². The summed E-state index contributed by atoms with van der Waals surface area (Å²) in [7, 11) is -3.43. The van der Waals surface area contributed by atoms with Crippen LogP contribution in [0.1, 0.15) is 53.8 Å². The van der Waals surface area contributed by atoms with E-state index in [1.54, 1.807) is 77.7 Å². The molecule has 4 aromatic rings. The third-order valence-corrected chi connectivity index (χ3v) is 10.6. The number of carboxylic acid groups (broad SMARTS) is 1. The first kappa shape index (κ1) is 33.5. The number of hydrogen-bond acceptors (Lipinski definition) is 8. The van der Waals surface area contributed by atoms with Crippen molar-refractivity contribution in [2.24, 2.45) is 0 Å². The van der Waals surface area contributed by atoms with Gasteiger partial charge in [0, 0.05) is 26.3 Å². The van der Waals surface area contributed by atoms with E-state index in [0.29, 0.717) is 29.2 Å². The number of amides is 1. The van der Waals surface area contributed by atoms with Gasteiger partial charge < -0.3 is 15.2 Å². The fourth-order valence-corrected chi connectivity index (χ4v) is 7.47. The van der Waals surface area contributed by atoms with E-state index in [-0.39, 0.29) is 21.8 Å². The number of carbonyl (C=O) groups is 2. The summed E-state index contributed by atoms with van der Waals surface area (Å²) in [5.41, 5.74) is 2.19. The maximum Gasteiger partial charge on any atom is 0.366 e. The number of benzene rings is 3. The van der Waals surface area contributed by atoms with E-state index >= 15 is 0 Å². The number of nitrogens with zero attached hydrogens (tertiary/aromatic N) is 1. The van der Waals surface area contributed by atoms with Gasteiger partial charge in [-0.05, 0) is 73.0 Å². The predicted molar refractivity (Wildman–Crippen MR) is 175 cm³/mol. The highest BCUT2D eigenvalue weighted by molar-refractivity contribution is 7.98. The number of rotatable bonds is 13. The van der Waals surface area contributed by atoms with Gasteiger partial charge in [-0.2, -0.15) is 0 Å². The monoisotopic (exact) mass is 672 g/mol. The second kappa shape index (κ2) is 14.6. The molecule has 1 unspecified atom stereocenters. The molecule has 232 valence electrons. The van der Waals surface area contributed by atoms with Crippen LogP contribution in [0.2, 0.25) is 5.02 Å². The van der Waals surface area contributed by atoms with Crippen molar-refractivity contribution in [3.8, 4) is 5.75 Å². The number of aliphatic carboxylic acids is 1. The molecule has 8 nitrogen and oxygen atoms in total. The van der Waals surface area contributed by atoms with Gasteiger partial charge in [-0.15, -0.1) is 23.1 Å². The van der Waals surface area contributed by atoms with Crippen LogP contribution < -0.4 is 10.1 Å². The number of ether oxygens (including phenoxy) is 1. The predicted octanol–water partition coefficient (Wildman–Crippen LogP) is 7.01. The lowest BCUT2D eigenvalue weighted by atomic mass is 9.93. The quantitative estimate of drug-likeness (QED) is 0.115. The normalized spacial score (nSPS) is 12.5. The van der Waals surface area contributed by atoms with Gasteiger partial charge in [-0.3, -0.25) is 4.79 Å². The minimum absolute atomic E-state index is 0.0213. The molecule has 0 saturated carbocycles. The molecule has 12 heteroatoms. The van der Waals surface area contributed by atoms with Crippen molar-refractivity contribution >= 4 is 56.4 Å². The zero-order valence-electron chi connectivity index (χ0n) is 24.4. The third kappa shape index (κ3) is 9.56. The third-order valence-electron chi connectivity index (χ3n) is 6.49. The molecule has 0 aliphatic heterocycles. The zero-order chi connectivity index (χ0) is 31.9. The van der Waals surface area contributed by atoms with E-state index < -0.39 is 27.9 Å². The van der Waals surface area contributed by atoms with Crippen molar-refractivity contribution < 1.29 is 27.9 Å². The van der Waals surface area contributed by atoms with Crippen LogP contribution in [-0.2, 0) is 32.2 Å². The summed E-state index contributed by atoms with van der Waals surface area (Å²) < 4.78 is 30.7. The molecule has 0 radical (unpaired) electrons. The highest BCUT2D eigenvalue weighted by atomic mass is 35.5. The summed E-state index contributed by atoms with van der Waals surface area (Å²) in [5, 5.41) is 15.7. The number of carbonyl (C=O) groups excluding carboxylic acids is 1. The lowest BCUT2D eigenvalue weighted by Gasteiger charge is -2.17. The number of aryl methyl sites for hydroxylation is 1. The molecule has 3 aromatic carbocycles. The van der Waals surface area contributed by atoms with Gasteiger partial charge in [-0.1, -0.05) is 50.6 Å². The van der Waals surface area contributed by atoms with Crippen LogP contribution in [0, 0.1) is 0 Å². The Hall–Kier alpha value is -3.38. The first-order chi connectivity index (χ1) is 20.8. The van der Waals surface area contributed by atoms with E-state index in [0.717, 1.165) is 21.2 Å². The number of aromatic nitrogens is 1. The average molecular weight is 673 g/mol. The van der Waals surface area contributed by atoms with Gasteiger partial charge in [0.05, 0.1) is 22.1 Å². The van der Waals surface area contributed by atoms with Crippen molar-refractivity contribution in [2.75, 3.05) is 5.75 Å². The second-order valence-electron chi connectivity index (χ2n) is 11.0. The highest BCUT2D eigenvalue weighted by Gasteiger charge is 2.23. The molecule has 0 fully saturated rings. The maximum atomic E-state index is 12.9. The zero-order valence-corrected chi connectivity index (χ0v) is 27.7. The van der Waals surface area contributed by atoms with Crippen molar-refractivity contribution in [1.29, 1.82) is 0 Å². The van der Waals surface area contributed by atoms with Crippen molar-refractivity contribution in [3.63, 3.8) is 0 Å².